The number of anilines is 1. The standard InChI is InChI=1S/C20H19F3N4O2/c1-11-17-14(20(21,22)23)10-16(24-18(17)26(3)25-11)29-12(2)19(28)27-9-8-13-6-4-5-7-15(13)27/h4-7,10,12H,8-9H2,1-3H3. The van der Waals surface area contributed by atoms with Crippen LogP contribution >= 0.6 is 0 Å². The molecule has 152 valence electrons. The Morgan fingerprint density at radius 3 is 2.72 bits per heavy atom. The van der Waals surface area contributed by atoms with Crippen LogP contribution in [-0.2, 0) is 24.4 Å². The summed E-state index contributed by atoms with van der Waals surface area (Å²) in [4.78, 5) is 18.6. The number of aryl methyl sites for hydroxylation is 2. The fourth-order valence-electron chi connectivity index (χ4n) is 3.72. The molecule has 0 spiro atoms. The lowest BCUT2D eigenvalue weighted by Gasteiger charge is -2.22. The second-order valence-electron chi connectivity index (χ2n) is 7.04. The minimum absolute atomic E-state index is 0.0542. The van der Waals surface area contributed by atoms with Crippen molar-refractivity contribution in [3.63, 3.8) is 0 Å². The molecule has 3 heterocycles. The third-order valence-electron chi connectivity index (χ3n) is 5.05. The Morgan fingerprint density at radius 2 is 2.00 bits per heavy atom. The molecule has 1 aliphatic heterocycles. The number of benzene rings is 1. The van der Waals surface area contributed by atoms with Crippen molar-refractivity contribution in [2.75, 3.05) is 11.4 Å². The van der Waals surface area contributed by atoms with Crippen molar-refractivity contribution in [1.82, 2.24) is 14.8 Å². The molecule has 0 saturated heterocycles. The van der Waals surface area contributed by atoms with E-state index in [1.54, 1.807) is 4.90 Å². The number of para-hydroxylation sites is 1. The zero-order chi connectivity index (χ0) is 20.9. The molecule has 0 radical (unpaired) electrons. The van der Waals surface area contributed by atoms with Crippen LogP contribution in [0.3, 0.4) is 0 Å². The first-order valence-corrected chi connectivity index (χ1v) is 9.14. The van der Waals surface area contributed by atoms with Crippen LogP contribution in [0.1, 0.15) is 23.7 Å². The van der Waals surface area contributed by atoms with Gasteiger partial charge in [-0.2, -0.15) is 23.3 Å². The number of alkyl halides is 3. The number of amides is 1. The van der Waals surface area contributed by atoms with E-state index in [-0.39, 0.29) is 28.5 Å². The SMILES string of the molecule is Cc1nn(C)c2nc(OC(C)C(=O)N3CCc4ccccc43)cc(C(F)(F)F)c12. The van der Waals surface area contributed by atoms with E-state index in [9.17, 15) is 18.0 Å². The van der Waals surface area contributed by atoms with Crippen molar-refractivity contribution in [2.24, 2.45) is 7.05 Å². The summed E-state index contributed by atoms with van der Waals surface area (Å²) in [6.07, 6.45) is -4.87. The molecule has 4 rings (SSSR count). The molecule has 0 fully saturated rings. The van der Waals surface area contributed by atoms with E-state index >= 15 is 0 Å². The van der Waals surface area contributed by atoms with Crippen molar-refractivity contribution in [3.05, 3.63) is 47.2 Å². The summed E-state index contributed by atoms with van der Waals surface area (Å²) in [6, 6.07) is 8.37. The van der Waals surface area contributed by atoms with E-state index in [2.05, 4.69) is 10.1 Å². The number of fused-ring (bicyclic) bond motifs is 2. The largest absolute Gasteiger partial charge is 0.464 e. The molecule has 1 atom stereocenters. The van der Waals surface area contributed by atoms with Gasteiger partial charge in [0.1, 0.15) is 0 Å². The number of carbonyl (C=O) groups is 1. The van der Waals surface area contributed by atoms with Crippen LogP contribution in [0.15, 0.2) is 30.3 Å². The predicted octanol–water partition coefficient (Wildman–Crippen LogP) is 3.65. The molecule has 0 bridgehead atoms. The maximum absolute atomic E-state index is 13.6. The Morgan fingerprint density at radius 1 is 1.28 bits per heavy atom. The maximum Gasteiger partial charge on any atom is 0.417 e. The summed E-state index contributed by atoms with van der Waals surface area (Å²) in [6.45, 7) is 3.51. The molecule has 0 aliphatic carbocycles. The molecule has 3 aromatic rings. The monoisotopic (exact) mass is 404 g/mol. The average molecular weight is 404 g/mol. The van der Waals surface area contributed by atoms with Crippen molar-refractivity contribution < 1.29 is 22.7 Å². The number of hydrogen-bond acceptors (Lipinski definition) is 4. The summed E-state index contributed by atoms with van der Waals surface area (Å²) in [5.74, 6) is -0.590. The molecule has 9 heteroatoms. The number of halogens is 3. The van der Waals surface area contributed by atoms with Gasteiger partial charge in [0.25, 0.3) is 5.91 Å². The Balaban J connectivity index is 1.66. The van der Waals surface area contributed by atoms with Gasteiger partial charge in [0.2, 0.25) is 5.88 Å². The van der Waals surface area contributed by atoms with Crippen LogP contribution in [0.4, 0.5) is 18.9 Å². The van der Waals surface area contributed by atoms with Gasteiger partial charge in [0.05, 0.1) is 16.6 Å². The molecule has 6 nitrogen and oxygen atoms in total. The molecule has 1 amide bonds. The highest BCUT2D eigenvalue weighted by Gasteiger charge is 2.36. The summed E-state index contributed by atoms with van der Waals surface area (Å²) < 4.78 is 47.6. The first-order valence-electron chi connectivity index (χ1n) is 9.14. The van der Waals surface area contributed by atoms with E-state index < -0.39 is 17.8 Å². The van der Waals surface area contributed by atoms with Crippen molar-refractivity contribution in [1.29, 1.82) is 0 Å². The number of hydrogen-bond donors (Lipinski definition) is 0. The van der Waals surface area contributed by atoms with Gasteiger partial charge < -0.3 is 9.64 Å². The second kappa shape index (κ2) is 6.75. The predicted molar refractivity (Wildman–Crippen MR) is 101 cm³/mol. The number of pyridine rings is 1. The van der Waals surface area contributed by atoms with E-state index in [0.29, 0.717) is 6.54 Å². The van der Waals surface area contributed by atoms with Crippen molar-refractivity contribution >= 4 is 22.6 Å². The zero-order valence-corrected chi connectivity index (χ0v) is 16.1. The Kier molecular flexibility index (Phi) is 4.48. The van der Waals surface area contributed by atoms with Crippen molar-refractivity contribution in [2.45, 2.75) is 32.5 Å². The fourth-order valence-corrected chi connectivity index (χ4v) is 3.72. The van der Waals surface area contributed by atoms with E-state index in [0.717, 1.165) is 23.7 Å². The second-order valence-corrected chi connectivity index (χ2v) is 7.04. The van der Waals surface area contributed by atoms with Crippen LogP contribution in [0.25, 0.3) is 11.0 Å². The van der Waals surface area contributed by atoms with Crippen LogP contribution in [0, 0.1) is 6.92 Å². The van der Waals surface area contributed by atoms with Gasteiger partial charge >= 0.3 is 6.18 Å². The zero-order valence-electron chi connectivity index (χ0n) is 16.1. The average Bonchev–Trinajstić information content (AvgIpc) is 3.21. The van der Waals surface area contributed by atoms with Crippen LogP contribution in [-0.4, -0.2) is 33.3 Å². The highest BCUT2D eigenvalue weighted by atomic mass is 19.4. The molecule has 1 aromatic carbocycles. The highest BCUT2D eigenvalue weighted by Crippen LogP contribution is 2.38. The molecular weight excluding hydrogens is 385 g/mol. The molecule has 1 unspecified atom stereocenters. The smallest absolute Gasteiger partial charge is 0.417 e. The lowest BCUT2D eigenvalue weighted by Crippen LogP contribution is -2.39. The lowest BCUT2D eigenvalue weighted by molar-refractivity contribution is -0.136. The van der Waals surface area contributed by atoms with Crippen LogP contribution in [0.5, 0.6) is 5.88 Å². The van der Waals surface area contributed by atoms with Crippen LogP contribution in [0.2, 0.25) is 0 Å². The lowest BCUT2D eigenvalue weighted by atomic mass is 10.1. The molecule has 0 saturated carbocycles. The Hall–Kier alpha value is -3.10. The van der Waals surface area contributed by atoms with E-state index in [4.69, 9.17) is 4.74 Å². The topological polar surface area (TPSA) is 60.2 Å². The summed E-state index contributed by atoms with van der Waals surface area (Å²) >= 11 is 0. The normalized spacial score (nSPS) is 14.9. The molecular formula is C20H19F3N4O2. The van der Waals surface area contributed by atoms with Gasteiger partial charge in [0.15, 0.2) is 11.8 Å². The van der Waals surface area contributed by atoms with E-state index in [1.165, 1.54) is 25.6 Å². The Bertz CT molecular complexity index is 1110. The van der Waals surface area contributed by atoms with Gasteiger partial charge in [-0.25, -0.2) is 0 Å². The number of nitrogens with zero attached hydrogens (tertiary/aromatic N) is 4. The fraction of sp³-hybridized carbons (Fsp3) is 0.350. The number of carbonyl (C=O) groups excluding carboxylic acids is 1. The van der Waals surface area contributed by atoms with Gasteiger partial charge in [-0.3, -0.25) is 9.48 Å². The molecule has 29 heavy (non-hydrogen) atoms. The van der Waals surface area contributed by atoms with Gasteiger partial charge in [-0.1, -0.05) is 18.2 Å². The maximum atomic E-state index is 13.6. The van der Waals surface area contributed by atoms with Gasteiger partial charge in [-0.05, 0) is 31.9 Å². The van der Waals surface area contributed by atoms with Crippen LogP contribution < -0.4 is 9.64 Å². The third-order valence-corrected chi connectivity index (χ3v) is 5.05. The minimum atomic E-state index is -4.60. The molecule has 1 aliphatic rings. The Labute approximate surface area is 164 Å². The summed E-state index contributed by atoms with van der Waals surface area (Å²) in [7, 11) is 1.52. The van der Waals surface area contributed by atoms with E-state index in [1.807, 2.05) is 24.3 Å². The van der Waals surface area contributed by atoms with Gasteiger partial charge in [0, 0.05) is 25.3 Å². The first-order chi connectivity index (χ1) is 13.7. The molecule has 0 N–H and O–H groups in total. The summed E-state index contributed by atoms with van der Waals surface area (Å²) in [5.41, 5.74) is 1.26. The molecule has 2 aromatic heterocycles. The summed E-state index contributed by atoms with van der Waals surface area (Å²) in [5, 5.41) is 3.96. The minimum Gasteiger partial charge on any atom is -0.464 e. The first kappa shape index (κ1) is 19.2. The number of ether oxygens (including phenoxy) is 1. The van der Waals surface area contributed by atoms with Gasteiger partial charge in [-0.15, -0.1) is 0 Å². The number of aromatic nitrogens is 3. The quantitative estimate of drug-likeness (QED) is 0.669. The van der Waals surface area contributed by atoms with Crippen molar-refractivity contribution in [3.8, 4) is 5.88 Å². The highest BCUT2D eigenvalue weighted by molar-refractivity contribution is 5.98. The third kappa shape index (κ3) is 3.30. The number of rotatable bonds is 3.